The molecular formula is C12H22ClN3O3S. The predicted octanol–water partition coefficient (Wildman–Crippen LogP) is 1.52. The minimum absolute atomic E-state index is 0.0409. The molecule has 0 spiro atoms. The Hall–Kier alpha value is -0.630. The molecule has 8 heteroatoms. The lowest BCUT2D eigenvalue weighted by molar-refractivity contribution is 0.173. The molecule has 1 rings (SSSR count). The summed E-state index contributed by atoms with van der Waals surface area (Å²) in [5.74, 6) is 1.05. The highest BCUT2D eigenvalue weighted by Crippen LogP contribution is 2.11. The molecule has 1 aromatic heterocycles. The van der Waals surface area contributed by atoms with Crippen molar-refractivity contribution in [1.82, 2.24) is 14.3 Å². The van der Waals surface area contributed by atoms with Crippen molar-refractivity contribution >= 4 is 21.6 Å². The Morgan fingerprint density at radius 2 is 2.25 bits per heavy atom. The fourth-order valence-corrected chi connectivity index (χ4v) is 3.39. The Labute approximate surface area is 125 Å². The molecule has 0 aromatic carbocycles. The number of alkyl halides is 1. The minimum atomic E-state index is -3.64. The Kier molecular flexibility index (Phi) is 6.94. The third-order valence-electron chi connectivity index (χ3n) is 2.84. The van der Waals surface area contributed by atoms with Crippen molar-refractivity contribution in [3.05, 3.63) is 12.0 Å². The average Bonchev–Trinajstić information content (AvgIpc) is 2.73. The molecule has 1 unspecified atom stereocenters. The molecule has 0 fully saturated rings. The highest BCUT2D eigenvalue weighted by Gasteiger charge is 2.23. The summed E-state index contributed by atoms with van der Waals surface area (Å²) < 4.78 is 34.0. The lowest BCUT2D eigenvalue weighted by Gasteiger charge is -2.15. The molecule has 1 N–H and O–H groups in total. The van der Waals surface area contributed by atoms with Crippen LogP contribution in [0.25, 0.3) is 0 Å². The van der Waals surface area contributed by atoms with Crippen LogP contribution >= 0.6 is 11.6 Å². The third-order valence-corrected chi connectivity index (χ3v) is 4.45. The number of imidazole rings is 1. The van der Waals surface area contributed by atoms with Crippen LogP contribution in [0.5, 0.6) is 0 Å². The van der Waals surface area contributed by atoms with E-state index in [1.165, 1.54) is 7.11 Å². The topological polar surface area (TPSA) is 73.2 Å². The number of nitrogens with zero attached hydrogens (tertiary/aromatic N) is 2. The summed E-state index contributed by atoms with van der Waals surface area (Å²) >= 11 is 5.67. The van der Waals surface area contributed by atoms with Crippen molar-refractivity contribution in [2.45, 2.75) is 44.3 Å². The third kappa shape index (κ3) is 4.73. The molecule has 0 aliphatic carbocycles. The summed E-state index contributed by atoms with van der Waals surface area (Å²) in [5, 5.41) is 0.0409. The summed E-state index contributed by atoms with van der Waals surface area (Å²) in [5.41, 5.74) is 0. The highest BCUT2D eigenvalue weighted by atomic mass is 35.5. The lowest BCUT2D eigenvalue weighted by atomic mass is 10.3. The van der Waals surface area contributed by atoms with Crippen LogP contribution in [-0.2, 0) is 21.3 Å². The molecule has 0 saturated carbocycles. The zero-order valence-corrected chi connectivity index (χ0v) is 13.7. The fraction of sp³-hybridized carbons (Fsp3) is 0.750. The Bertz CT molecular complexity index is 510. The van der Waals surface area contributed by atoms with Crippen LogP contribution in [0.4, 0.5) is 0 Å². The molecule has 6 nitrogen and oxygen atoms in total. The van der Waals surface area contributed by atoms with Gasteiger partial charge in [-0.1, -0.05) is 6.92 Å². The van der Waals surface area contributed by atoms with Gasteiger partial charge in [-0.15, -0.1) is 11.6 Å². The van der Waals surface area contributed by atoms with Crippen LogP contribution < -0.4 is 4.72 Å². The zero-order valence-electron chi connectivity index (χ0n) is 12.1. The number of aryl methyl sites for hydroxylation is 2. The van der Waals surface area contributed by atoms with E-state index < -0.39 is 10.0 Å². The van der Waals surface area contributed by atoms with Crippen molar-refractivity contribution in [3.63, 3.8) is 0 Å². The molecule has 0 amide bonds. The van der Waals surface area contributed by atoms with E-state index >= 15 is 0 Å². The van der Waals surface area contributed by atoms with Gasteiger partial charge in [-0.05, 0) is 19.8 Å². The van der Waals surface area contributed by atoms with Gasteiger partial charge >= 0.3 is 0 Å². The molecule has 20 heavy (non-hydrogen) atoms. The highest BCUT2D eigenvalue weighted by molar-refractivity contribution is 7.89. The van der Waals surface area contributed by atoms with Gasteiger partial charge in [0, 0.05) is 31.8 Å². The van der Waals surface area contributed by atoms with Gasteiger partial charge in [0.2, 0.25) is 0 Å². The van der Waals surface area contributed by atoms with Crippen LogP contribution in [0.2, 0.25) is 0 Å². The van der Waals surface area contributed by atoms with Crippen LogP contribution in [0.3, 0.4) is 0 Å². The number of halogens is 1. The van der Waals surface area contributed by atoms with E-state index in [1.54, 1.807) is 13.1 Å². The Balaban J connectivity index is 2.89. The van der Waals surface area contributed by atoms with Gasteiger partial charge in [-0.3, -0.25) is 0 Å². The number of hydrogen-bond donors (Lipinski definition) is 1. The first-order valence-electron chi connectivity index (χ1n) is 6.55. The first kappa shape index (κ1) is 17.4. The SMILES string of the molecule is CCCn1cc(S(=O)(=O)NC(CCCl)COC)nc1C. The van der Waals surface area contributed by atoms with E-state index in [-0.39, 0.29) is 17.7 Å². The summed E-state index contributed by atoms with van der Waals surface area (Å²) in [6, 6.07) is -0.348. The van der Waals surface area contributed by atoms with Crippen molar-refractivity contribution < 1.29 is 13.2 Å². The van der Waals surface area contributed by atoms with Crippen molar-refractivity contribution in [1.29, 1.82) is 0 Å². The largest absolute Gasteiger partial charge is 0.383 e. The van der Waals surface area contributed by atoms with Gasteiger partial charge in [-0.25, -0.2) is 18.1 Å². The number of aromatic nitrogens is 2. The maximum atomic E-state index is 12.3. The zero-order chi connectivity index (χ0) is 15.2. The summed E-state index contributed by atoms with van der Waals surface area (Å²) in [6.45, 7) is 4.85. The lowest BCUT2D eigenvalue weighted by Crippen LogP contribution is -2.38. The predicted molar refractivity (Wildman–Crippen MR) is 78.6 cm³/mol. The normalized spacial score (nSPS) is 13.6. The van der Waals surface area contributed by atoms with Crippen molar-refractivity contribution in [2.24, 2.45) is 0 Å². The average molecular weight is 324 g/mol. The van der Waals surface area contributed by atoms with Crippen LogP contribution in [-0.4, -0.2) is 43.6 Å². The first-order chi connectivity index (χ1) is 9.44. The molecule has 0 bridgehead atoms. The summed E-state index contributed by atoms with van der Waals surface area (Å²) in [4.78, 5) is 4.11. The second-order valence-electron chi connectivity index (χ2n) is 4.57. The Morgan fingerprint density at radius 1 is 1.55 bits per heavy atom. The maximum Gasteiger partial charge on any atom is 0.259 e. The molecule has 116 valence electrons. The molecule has 1 atom stereocenters. The van der Waals surface area contributed by atoms with Crippen LogP contribution in [0.15, 0.2) is 11.2 Å². The number of nitrogens with one attached hydrogen (secondary N) is 1. The smallest absolute Gasteiger partial charge is 0.259 e. The molecule has 0 radical (unpaired) electrons. The minimum Gasteiger partial charge on any atom is -0.383 e. The first-order valence-corrected chi connectivity index (χ1v) is 8.57. The van der Waals surface area contributed by atoms with Gasteiger partial charge < -0.3 is 9.30 Å². The van der Waals surface area contributed by atoms with Crippen LogP contribution in [0.1, 0.15) is 25.6 Å². The quantitative estimate of drug-likeness (QED) is 0.699. The van der Waals surface area contributed by atoms with Gasteiger partial charge in [0.1, 0.15) is 5.82 Å². The van der Waals surface area contributed by atoms with Crippen molar-refractivity contribution in [3.8, 4) is 0 Å². The van der Waals surface area contributed by atoms with Crippen LogP contribution in [0, 0.1) is 6.92 Å². The number of methoxy groups -OCH3 is 1. The maximum absolute atomic E-state index is 12.3. The van der Waals surface area contributed by atoms with E-state index in [0.29, 0.717) is 18.1 Å². The van der Waals surface area contributed by atoms with Gasteiger partial charge in [0.05, 0.1) is 6.61 Å². The van der Waals surface area contributed by atoms with Gasteiger partial charge in [0.15, 0.2) is 5.03 Å². The Morgan fingerprint density at radius 3 is 2.80 bits per heavy atom. The monoisotopic (exact) mass is 323 g/mol. The number of sulfonamides is 1. The number of hydrogen-bond acceptors (Lipinski definition) is 4. The molecule has 1 aromatic rings. The molecule has 0 aliphatic heterocycles. The van der Waals surface area contributed by atoms with Gasteiger partial charge in [-0.2, -0.15) is 0 Å². The molecule has 0 saturated heterocycles. The number of ether oxygens (including phenoxy) is 1. The summed E-state index contributed by atoms with van der Waals surface area (Å²) in [6.07, 6.45) is 2.98. The van der Waals surface area contributed by atoms with E-state index in [0.717, 1.165) is 13.0 Å². The van der Waals surface area contributed by atoms with E-state index in [4.69, 9.17) is 16.3 Å². The second kappa shape index (κ2) is 7.97. The molecule has 0 aliphatic rings. The fourth-order valence-electron chi connectivity index (χ4n) is 1.86. The van der Waals surface area contributed by atoms with Gasteiger partial charge in [0.25, 0.3) is 10.0 Å². The standard InChI is InChI=1S/C12H22ClN3O3S/c1-4-7-16-8-12(14-10(16)2)20(17,18)15-11(5-6-13)9-19-3/h8,11,15H,4-7,9H2,1-3H3. The van der Waals surface area contributed by atoms with E-state index in [2.05, 4.69) is 9.71 Å². The van der Waals surface area contributed by atoms with Crippen molar-refractivity contribution in [2.75, 3.05) is 19.6 Å². The second-order valence-corrected chi connectivity index (χ2v) is 6.61. The van der Waals surface area contributed by atoms with E-state index in [9.17, 15) is 8.42 Å². The molecule has 1 heterocycles. The van der Waals surface area contributed by atoms with E-state index in [1.807, 2.05) is 11.5 Å². The summed E-state index contributed by atoms with van der Waals surface area (Å²) in [7, 11) is -2.12. The molecular weight excluding hydrogens is 302 g/mol. The number of rotatable bonds is 9.